The average Bonchev–Trinajstić information content (AvgIpc) is 3.20. The van der Waals surface area contributed by atoms with Crippen molar-refractivity contribution in [3.8, 4) is 0 Å². The van der Waals surface area contributed by atoms with Crippen LogP contribution in [-0.2, 0) is 12.8 Å². The molecule has 2 aromatic rings. The number of benzene rings is 1. The van der Waals surface area contributed by atoms with E-state index in [0.29, 0.717) is 19.0 Å². The molecule has 2 aliphatic rings. The van der Waals surface area contributed by atoms with Gasteiger partial charge in [0.05, 0.1) is 4.88 Å². The third kappa shape index (κ3) is 4.46. The van der Waals surface area contributed by atoms with Crippen molar-refractivity contribution >= 4 is 23.2 Å². The Morgan fingerprint density at radius 2 is 1.87 bits per heavy atom. The SMILES string of the molecule is CCCN(C(=O)c1cc2c(s1)CCC(C)C2)C1CCN(C(=O)c2ccccc2)CC1. The molecule has 0 radical (unpaired) electrons. The van der Waals surface area contributed by atoms with Crippen molar-refractivity contribution in [2.75, 3.05) is 19.6 Å². The second-order valence-corrected chi connectivity index (χ2v) is 9.93. The highest BCUT2D eigenvalue weighted by molar-refractivity contribution is 7.14. The van der Waals surface area contributed by atoms with E-state index < -0.39 is 0 Å². The highest BCUT2D eigenvalue weighted by atomic mass is 32.1. The van der Waals surface area contributed by atoms with Gasteiger partial charge >= 0.3 is 0 Å². The molecule has 1 aromatic heterocycles. The van der Waals surface area contributed by atoms with E-state index in [-0.39, 0.29) is 17.9 Å². The molecule has 1 aliphatic carbocycles. The minimum Gasteiger partial charge on any atom is -0.338 e. The van der Waals surface area contributed by atoms with Gasteiger partial charge in [0.15, 0.2) is 0 Å². The summed E-state index contributed by atoms with van der Waals surface area (Å²) in [6, 6.07) is 11.9. The highest BCUT2D eigenvalue weighted by Crippen LogP contribution is 2.33. The summed E-state index contributed by atoms with van der Waals surface area (Å²) in [6.07, 6.45) is 6.11. The van der Waals surface area contributed by atoms with Gasteiger partial charge in [-0.1, -0.05) is 32.0 Å². The first kappa shape index (κ1) is 21.1. The van der Waals surface area contributed by atoms with Crippen LogP contribution in [0.5, 0.6) is 0 Å². The molecular weight excluding hydrogens is 392 g/mol. The molecule has 1 fully saturated rings. The second-order valence-electron chi connectivity index (χ2n) is 8.79. The lowest BCUT2D eigenvalue weighted by molar-refractivity contribution is 0.0522. The van der Waals surface area contributed by atoms with Crippen molar-refractivity contribution in [3.05, 3.63) is 57.3 Å². The van der Waals surface area contributed by atoms with Crippen LogP contribution in [0.1, 0.15) is 70.0 Å². The maximum atomic E-state index is 13.4. The first-order valence-corrected chi connectivity index (χ1v) is 12.1. The molecule has 4 nitrogen and oxygen atoms in total. The fraction of sp³-hybridized carbons (Fsp3) is 0.520. The van der Waals surface area contributed by atoms with Crippen molar-refractivity contribution in [1.82, 2.24) is 9.80 Å². The fourth-order valence-electron chi connectivity index (χ4n) is 4.79. The van der Waals surface area contributed by atoms with E-state index in [1.807, 2.05) is 35.2 Å². The zero-order chi connectivity index (χ0) is 21.1. The number of fused-ring (bicyclic) bond motifs is 1. The zero-order valence-electron chi connectivity index (χ0n) is 18.1. The number of nitrogens with zero attached hydrogens (tertiary/aromatic N) is 2. The molecule has 30 heavy (non-hydrogen) atoms. The maximum Gasteiger partial charge on any atom is 0.264 e. The second kappa shape index (κ2) is 9.34. The van der Waals surface area contributed by atoms with Gasteiger partial charge in [-0.15, -0.1) is 11.3 Å². The Kier molecular flexibility index (Phi) is 6.57. The van der Waals surface area contributed by atoms with Crippen LogP contribution in [0.15, 0.2) is 36.4 Å². The van der Waals surface area contributed by atoms with Crippen molar-refractivity contribution in [2.24, 2.45) is 5.92 Å². The van der Waals surface area contributed by atoms with Crippen LogP contribution < -0.4 is 0 Å². The lowest BCUT2D eigenvalue weighted by Crippen LogP contribution is -2.49. The van der Waals surface area contributed by atoms with E-state index in [2.05, 4.69) is 24.8 Å². The Labute approximate surface area is 183 Å². The summed E-state index contributed by atoms with van der Waals surface area (Å²) < 4.78 is 0. The Bertz CT molecular complexity index is 884. The van der Waals surface area contributed by atoms with Crippen LogP contribution in [0.4, 0.5) is 0 Å². The summed E-state index contributed by atoms with van der Waals surface area (Å²) in [4.78, 5) is 32.5. The summed E-state index contributed by atoms with van der Waals surface area (Å²) in [5.74, 6) is 1.01. The Balaban J connectivity index is 1.42. The number of carbonyl (C=O) groups is 2. The molecule has 1 aliphatic heterocycles. The van der Waals surface area contributed by atoms with E-state index >= 15 is 0 Å². The molecule has 4 rings (SSSR count). The molecule has 1 aromatic carbocycles. The number of amides is 2. The molecule has 0 bridgehead atoms. The number of rotatable bonds is 5. The van der Waals surface area contributed by atoms with Crippen molar-refractivity contribution < 1.29 is 9.59 Å². The predicted octanol–water partition coefficient (Wildman–Crippen LogP) is 5.03. The lowest BCUT2D eigenvalue weighted by Gasteiger charge is -2.38. The molecule has 1 unspecified atom stereocenters. The highest BCUT2D eigenvalue weighted by Gasteiger charge is 2.31. The quantitative estimate of drug-likeness (QED) is 0.675. The van der Waals surface area contributed by atoms with E-state index in [4.69, 9.17) is 0 Å². The topological polar surface area (TPSA) is 40.6 Å². The number of hydrogen-bond donors (Lipinski definition) is 0. The largest absolute Gasteiger partial charge is 0.338 e. The van der Waals surface area contributed by atoms with Crippen molar-refractivity contribution in [2.45, 2.75) is 58.4 Å². The van der Waals surface area contributed by atoms with Crippen molar-refractivity contribution in [1.29, 1.82) is 0 Å². The van der Waals surface area contributed by atoms with Gasteiger partial charge in [0.1, 0.15) is 0 Å². The van der Waals surface area contributed by atoms with Crippen LogP contribution in [0.25, 0.3) is 0 Å². The Hall–Kier alpha value is -2.14. The van der Waals surface area contributed by atoms with Gasteiger partial charge in [-0.2, -0.15) is 0 Å². The first-order valence-electron chi connectivity index (χ1n) is 11.3. The summed E-state index contributed by atoms with van der Waals surface area (Å²) in [5, 5.41) is 0. The Morgan fingerprint density at radius 1 is 1.13 bits per heavy atom. The average molecular weight is 425 g/mol. The summed E-state index contributed by atoms with van der Waals surface area (Å²) >= 11 is 1.71. The number of likely N-dealkylation sites (tertiary alicyclic amines) is 1. The standard InChI is InChI=1S/C25H32N2O2S/c1-3-13-27(25(29)23-17-20-16-18(2)9-10-22(20)30-23)21-11-14-26(15-12-21)24(28)19-7-5-4-6-8-19/h4-8,17-18,21H,3,9-16H2,1-2H3. The van der Waals surface area contributed by atoms with Gasteiger partial charge < -0.3 is 9.80 Å². The summed E-state index contributed by atoms with van der Waals surface area (Å²) in [5.41, 5.74) is 2.14. The van der Waals surface area contributed by atoms with E-state index in [1.54, 1.807) is 11.3 Å². The monoisotopic (exact) mass is 424 g/mol. The fourth-order valence-corrected chi connectivity index (χ4v) is 5.95. The van der Waals surface area contributed by atoms with Gasteiger partial charge in [-0.25, -0.2) is 0 Å². The zero-order valence-corrected chi connectivity index (χ0v) is 18.9. The van der Waals surface area contributed by atoms with Crippen LogP contribution in [-0.4, -0.2) is 47.3 Å². The number of piperidine rings is 1. The predicted molar refractivity (Wildman–Crippen MR) is 122 cm³/mol. The molecule has 160 valence electrons. The number of thiophene rings is 1. The number of carbonyl (C=O) groups excluding carboxylic acids is 2. The molecule has 2 amide bonds. The molecule has 5 heteroatoms. The van der Waals surface area contributed by atoms with Gasteiger partial charge in [-0.3, -0.25) is 9.59 Å². The first-order chi connectivity index (χ1) is 14.6. The molecule has 0 spiro atoms. The molecule has 2 heterocycles. The van der Waals surface area contributed by atoms with Crippen LogP contribution >= 0.6 is 11.3 Å². The third-order valence-electron chi connectivity index (χ3n) is 6.48. The molecule has 1 saturated heterocycles. The van der Waals surface area contributed by atoms with E-state index in [0.717, 1.165) is 49.1 Å². The minimum absolute atomic E-state index is 0.0995. The molecule has 1 atom stereocenters. The van der Waals surface area contributed by atoms with Gasteiger partial charge in [0.25, 0.3) is 11.8 Å². The normalized spacial score (nSPS) is 19.4. The third-order valence-corrected chi connectivity index (χ3v) is 7.70. The molecule has 0 N–H and O–H groups in total. The van der Waals surface area contributed by atoms with E-state index in [1.165, 1.54) is 16.9 Å². The van der Waals surface area contributed by atoms with Crippen molar-refractivity contribution in [3.63, 3.8) is 0 Å². The molecule has 0 saturated carbocycles. The minimum atomic E-state index is 0.0995. The van der Waals surface area contributed by atoms with Gasteiger partial charge in [-0.05, 0) is 68.2 Å². The molecular formula is C25H32N2O2S. The van der Waals surface area contributed by atoms with Gasteiger partial charge in [0.2, 0.25) is 0 Å². The van der Waals surface area contributed by atoms with Crippen LogP contribution in [0.2, 0.25) is 0 Å². The van der Waals surface area contributed by atoms with Crippen LogP contribution in [0, 0.1) is 5.92 Å². The lowest BCUT2D eigenvalue weighted by atomic mass is 9.90. The smallest absolute Gasteiger partial charge is 0.264 e. The maximum absolute atomic E-state index is 13.4. The van der Waals surface area contributed by atoms with E-state index in [9.17, 15) is 9.59 Å². The number of hydrogen-bond acceptors (Lipinski definition) is 3. The Morgan fingerprint density at radius 3 is 2.57 bits per heavy atom. The van der Waals surface area contributed by atoms with Gasteiger partial charge in [0, 0.05) is 36.1 Å². The summed E-state index contributed by atoms with van der Waals surface area (Å²) in [7, 11) is 0. The van der Waals surface area contributed by atoms with Crippen LogP contribution in [0.3, 0.4) is 0 Å². The number of aryl methyl sites for hydroxylation is 1. The summed E-state index contributed by atoms with van der Waals surface area (Å²) in [6.45, 7) is 6.65.